The second kappa shape index (κ2) is 12.7. The van der Waals surface area contributed by atoms with Gasteiger partial charge in [0, 0.05) is 16.1 Å². The summed E-state index contributed by atoms with van der Waals surface area (Å²) in [6.45, 7) is 3.99. The fourth-order valence-corrected chi connectivity index (χ4v) is 5.49. The predicted molar refractivity (Wildman–Crippen MR) is 147 cm³/mol. The molecule has 1 aliphatic heterocycles. The van der Waals surface area contributed by atoms with Gasteiger partial charge in [0.05, 0.1) is 46.2 Å². The number of nitriles is 1. The topological polar surface area (TPSA) is 118 Å². The molecule has 0 saturated carbocycles. The molecule has 0 saturated heterocycles. The van der Waals surface area contributed by atoms with E-state index in [2.05, 4.69) is 32.6 Å². The number of allylic oxidation sites excluding steroid dienone is 1. The number of rotatable bonds is 8. The highest BCUT2D eigenvalue weighted by Crippen LogP contribution is 2.44. The third kappa shape index (κ3) is 6.60. The number of thioether (sulfide) groups is 1. The lowest BCUT2D eigenvalue weighted by Gasteiger charge is -2.31. The van der Waals surface area contributed by atoms with Gasteiger partial charge in [-0.2, -0.15) is 5.26 Å². The number of benzene rings is 2. The third-order valence-corrected chi connectivity index (χ3v) is 7.91. The van der Waals surface area contributed by atoms with E-state index in [1.165, 1.54) is 12.1 Å². The van der Waals surface area contributed by atoms with Crippen LogP contribution in [0.3, 0.4) is 0 Å². The van der Waals surface area contributed by atoms with Crippen molar-refractivity contribution in [2.45, 2.75) is 19.8 Å². The van der Waals surface area contributed by atoms with E-state index >= 15 is 0 Å². The number of nitrogens with zero attached hydrogens (tertiary/aromatic N) is 1. The quantitative estimate of drug-likeness (QED) is 0.290. The Balaban J connectivity index is 1.96. The first kappa shape index (κ1) is 28.9. The molecule has 12 heteroatoms. The molecule has 0 aromatic heterocycles. The summed E-state index contributed by atoms with van der Waals surface area (Å²) in [6, 6.07) is 10.5. The van der Waals surface area contributed by atoms with Crippen LogP contribution in [0, 0.1) is 24.2 Å². The monoisotopic (exact) mass is 625 g/mol. The van der Waals surface area contributed by atoms with Crippen molar-refractivity contribution in [2.75, 3.05) is 24.8 Å². The number of hydrogen-bond acceptors (Lipinski definition) is 7. The lowest BCUT2D eigenvalue weighted by atomic mass is 9.78. The number of amides is 2. The van der Waals surface area contributed by atoms with Crippen molar-refractivity contribution in [3.63, 3.8) is 0 Å². The average Bonchev–Trinajstić information content (AvgIpc) is 2.86. The Hall–Kier alpha value is -2.71. The molecule has 2 amide bonds. The summed E-state index contributed by atoms with van der Waals surface area (Å²) in [4.78, 5) is 38.2. The highest BCUT2D eigenvalue weighted by molar-refractivity contribution is 9.10. The van der Waals surface area contributed by atoms with E-state index in [9.17, 15) is 19.6 Å². The smallest absolute Gasteiger partial charge is 0.319 e. The summed E-state index contributed by atoms with van der Waals surface area (Å²) >= 11 is 17.1. The van der Waals surface area contributed by atoms with Crippen LogP contribution in [0.2, 0.25) is 10.0 Å². The Morgan fingerprint density at radius 2 is 1.92 bits per heavy atom. The normalized spacial score (nSPS) is 17.1. The zero-order valence-corrected chi connectivity index (χ0v) is 23.9. The van der Waals surface area contributed by atoms with Gasteiger partial charge < -0.3 is 20.1 Å². The van der Waals surface area contributed by atoms with Gasteiger partial charge in [-0.3, -0.25) is 14.4 Å². The van der Waals surface area contributed by atoms with E-state index in [-0.39, 0.29) is 38.1 Å². The molecule has 8 nitrogen and oxygen atoms in total. The molecule has 2 atom stereocenters. The number of carbonyl (C=O) groups is 3. The second-order valence-electron chi connectivity index (χ2n) is 7.87. The van der Waals surface area contributed by atoms with Crippen molar-refractivity contribution in [3.05, 3.63) is 66.6 Å². The predicted octanol–water partition coefficient (Wildman–Crippen LogP) is 5.57. The number of anilines is 1. The minimum Gasteiger partial charge on any atom is -0.491 e. The van der Waals surface area contributed by atoms with Crippen molar-refractivity contribution in [3.8, 4) is 11.8 Å². The third-order valence-electron chi connectivity index (χ3n) is 5.44. The van der Waals surface area contributed by atoms with Gasteiger partial charge in [0.25, 0.3) is 0 Å². The highest BCUT2D eigenvalue weighted by atomic mass is 79.9. The summed E-state index contributed by atoms with van der Waals surface area (Å²) in [5, 5.41) is 15.9. The number of nitrogens with one attached hydrogen (secondary N) is 2. The molecule has 2 N–H and O–H groups in total. The van der Waals surface area contributed by atoms with Crippen molar-refractivity contribution in [1.82, 2.24) is 5.32 Å². The summed E-state index contributed by atoms with van der Waals surface area (Å²) in [7, 11) is 1.15. The molecule has 0 spiro atoms. The maximum Gasteiger partial charge on any atom is 0.319 e. The molecule has 194 valence electrons. The maximum absolute atomic E-state index is 13.0. The Labute approximate surface area is 236 Å². The SMILES string of the molecule is CCOc1c(Cl)cc([C@@H]2C(C#N)=C(SCC(=O)Nc3ccc(Br)c(C)c3)NC(=O)[C@@H]2C(=O)OC)cc1Cl. The minimum atomic E-state index is -1.37. The van der Waals surface area contributed by atoms with Crippen LogP contribution in [0.25, 0.3) is 0 Å². The largest absolute Gasteiger partial charge is 0.491 e. The van der Waals surface area contributed by atoms with E-state index in [0.717, 1.165) is 28.9 Å². The minimum absolute atomic E-state index is 0.0728. The fraction of sp³-hybridized carbons (Fsp3) is 0.280. The summed E-state index contributed by atoms with van der Waals surface area (Å²) in [5.74, 6) is -4.11. The van der Waals surface area contributed by atoms with Gasteiger partial charge in [-0.15, -0.1) is 0 Å². The van der Waals surface area contributed by atoms with Crippen LogP contribution in [0.1, 0.15) is 24.0 Å². The van der Waals surface area contributed by atoms with Gasteiger partial charge in [-0.25, -0.2) is 0 Å². The lowest BCUT2D eigenvalue weighted by molar-refractivity contribution is -0.150. The number of ether oxygens (including phenoxy) is 2. The lowest BCUT2D eigenvalue weighted by Crippen LogP contribution is -2.44. The molecular weight excluding hydrogens is 605 g/mol. The van der Waals surface area contributed by atoms with Gasteiger partial charge in [0.15, 0.2) is 5.75 Å². The van der Waals surface area contributed by atoms with E-state index in [1.54, 1.807) is 13.0 Å². The van der Waals surface area contributed by atoms with Crippen molar-refractivity contribution >= 4 is 74.4 Å². The summed E-state index contributed by atoms with van der Waals surface area (Å²) < 4.78 is 11.2. The van der Waals surface area contributed by atoms with E-state index in [1.807, 2.05) is 19.1 Å². The highest BCUT2D eigenvalue weighted by Gasteiger charge is 2.44. The van der Waals surface area contributed by atoms with Crippen LogP contribution in [-0.2, 0) is 19.1 Å². The number of esters is 1. The molecule has 0 unspecified atom stereocenters. The van der Waals surface area contributed by atoms with Crippen LogP contribution in [0.4, 0.5) is 5.69 Å². The molecular formula is C25H22BrCl2N3O5S. The van der Waals surface area contributed by atoms with E-state index in [0.29, 0.717) is 17.9 Å². The second-order valence-corrected chi connectivity index (χ2v) is 10.5. The Morgan fingerprint density at radius 3 is 2.49 bits per heavy atom. The van der Waals surface area contributed by atoms with Crippen molar-refractivity contribution in [1.29, 1.82) is 5.26 Å². The number of methoxy groups -OCH3 is 1. The first-order valence-electron chi connectivity index (χ1n) is 10.9. The van der Waals surface area contributed by atoms with Crippen LogP contribution >= 0.6 is 50.9 Å². The molecule has 37 heavy (non-hydrogen) atoms. The van der Waals surface area contributed by atoms with E-state index < -0.39 is 23.7 Å². The van der Waals surface area contributed by atoms with Gasteiger partial charge >= 0.3 is 5.97 Å². The molecule has 1 aliphatic rings. The molecule has 3 rings (SSSR count). The van der Waals surface area contributed by atoms with Gasteiger partial charge in [-0.05, 0) is 55.3 Å². The average molecular weight is 627 g/mol. The zero-order chi connectivity index (χ0) is 27.3. The zero-order valence-electron chi connectivity index (χ0n) is 20.0. The summed E-state index contributed by atoms with van der Waals surface area (Å²) in [5.41, 5.74) is 1.98. The number of hydrogen-bond donors (Lipinski definition) is 2. The molecule has 0 aliphatic carbocycles. The number of carbonyl (C=O) groups excluding carboxylic acids is 3. The maximum atomic E-state index is 13.0. The van der Waals surface area contributed by atoms with E-state index in [4.69, 9.17) is 32.7 Å². The van der Waals surface area contributed by atoms with Crippen LogP contribution in [0.5, 0.6) is 5.75 Å². The standard InChI is InChI=1S/C25H22BrCl2N3O5S/c1-4-36-22-17(27)8-13(9-18(22)28)20-15(10-29)24(31-23(33)21(20)25(34)35-3)37-11-19(32)30-14-5-6-16(26)12(2)7-14/h5-9,20-21H,4,11H2,1-3H3,(H,30,32)(H,31,33)/t20-,21-/m1/s1. The first-order valence-corrected chi connectivity index (χ1v) is 13.5. The first-order chi connectivity index (χ1) is 17.6. The van der Waals surface area contributed by atoms with Crippen molar-refractivity contribution < 1.29 is 23.9 Å². The molecule has 0 bridgehead atoms. The van der Waals surface area contributed by atoms with Gasteiger partial charge in [0.2, 0.25) is 11.8 Å². The van der Waals surface area contributed by atoms with Crippen LogP contribution in [-0.4, -0.2) is 37.3 Å². The fourth-order valence-electron chi connectivity index (χ4n) is 3.78. The van der Waals surface area contributed by atoms with Gasteiger partial charge in [0.1, 0.15) is 5.92 Å². The summed E-state index contributed by atoms with van der Waals surface area (Å²) in [6.07, 6.45) is 0. The Kier molecular flexibility index (Phi) is 9.90. The number of aryl methyl sites for hydroxylation is 1. The molecule has 2 aromatic carbocycles. The van der Waals surface area contributed by atoms with Gasteiger partial charge in [-0.1, -0.05) is 50.9 Å². The van der Waals surface area contributed by atoms with Crippen LogP contribution < -0.4 is 15.4 Å². The Morgan fingerprint density at radius 1 is 1.24 bits per heavy atom. The number of halogens is 3. The molecule has 0 radical (unpaired) electrons. The van der Waals surface area contributed by atoms with Crippen molar-refractivity contribution in [2.24, 2.45) is 5.92 Å². The molecule has 1 heterocycles. The Bertz CT molecular complexity index is 1300. The molecule has 2 aromatic rings. The van der Waals surface area contributed by atoms with Crippen LogP contribution in [0.15, 0.2) is 45.4 Å². The molecule has 0 fully saturated rings.